The van der Waals surface area contributed by atoms with E-state index in [1.165, 1.54) is 18.2 Å². The molecule has 2 rings (SSSR count). The predicted octanol–water partition coefficient (Wildman–Crippen LogP) is 2.53. The standard InChI is InChI=1S/C19H21FN2O4/c1-13-7-8-16(17(11-13)26-10-9-25-2)22-18(23)12-21-19(24)14-5-3-4-6-15(14)20/h3-8,11H,9-10,12H2,1-2H3,(H,21,24)(H,22,23). The van der Waals surface area contributed by atoms with Crippen LogP contribution in [0.15, 0.2) is 42.5 Å². The normalized spacial score (nSPS) is 10.3. The Bertz CT molecular complexity index is 780. The van der Waals surface area contributed by atoms with Gasteiger partial charge in [0, 0.05) is 7.11 Å². The number of carbonyl (C=O) groups excluding carboxylic acids is 2. The van der Waals surface area contributed by atoms with Crippen molar-refractivity contribution in [1.29, 1.82) is 0 Å². The van der Waals surface area contributed by atoms with Gasteiger partial charge in [-0.05, 0) is 36.8 Å². The minimum atomic E-state index is -0.654. The Kier molecular flexibility index (Phi) is 7.11. The first kappa shape index (κ1) is 19.4. The summed E-state index contributed by atoms with van der Waals surface area (Å²) in [7, 11) is 1.57. The van der Waals surface area contributed by atoms with Gasteiger partial charge in [-0.3, -0.25) is 9.59 Å². The summed E-state index contributed by atoms with van der Waals surface area (Å²) >= 11 is 0. The molecule has 0 aliphatic heterocycles. The molecule has 2 aromatic carbocycles. The molecule has 0 aromatic heterocycles. The van der Waals surface area contributed by atoms with Gasteiger partial charge in [-0.25, -0.2) is 4.39 Å². The number of aryl methyl sites for hydroxylation is 1. The molecule has 26 heavy (non-hydrogen) atoms. The Morgan fingerprint density at radius 3 is 2.62 bits per heavy atom. The van der Waals surface area contributed by atoms with Gasteiger partial charge in [0.1, 0.15) is 18.2 Å². The van der Waals surface area contributed by atoms with Crippen molar-refractivity contribution < 1.29 is 23.5 Å². The SMILES string of the molecule is COCCOc1cc(C)ccc1NC(=O)CNC(=O)c1ccccc1F. The molecule has 0 unspecified atom stereocenters. The number of benzene rings is 2. The first-order chi connectivity index (χ1) is 12.5. The maximum atomic E-state index is 13.6. The number of carbonyl (C=O) groups is 2. The maximum Gasteiger partial charge on any atom is 0.254 e. The summed E-state index contributed by atoms with van der Waals surface area (Å²) in [6, 6.07) is 10.9. The number of anilines is 1. The molecular weight excluding hydrogens is 339 g/mol. The number of hydrogen-bond acceptors (Lipinski definition) is 4. The van der Waals surface area contributed by atoms with E-state index in [0.717, 1.165) is 5.56 Å². The summed E-state index contributed by atoms with van der Waals surface area (Å²) in [6.45, 7) is 2.37. The molecule has 0 aliphatic rings. The quantitative estimate of drug-likeness (QED) is 0.710. The molecule has 6 nitrogen and oxygen atoms in total. The zero-order chi connectivity index (χ0) is 18.9. The fourth-order valence-electron chi connectivity index (χ4n) is 2.18. The van der Waals surface area contributed by atoms with Gasteiger partial charge >= 0.3 is 0 Å². The van der Waals surface area contributed by atoms with Crippen molar-refractivity contribution in [2.75, 3.05) is 32.2 Å². The maximum absolute atomic E-state index is 13.6. The Hall–Kier alpha value is -2.93. The van der Waals surface area contributed by atoms with Crippen LogP contribution >= 0.6 is 0 Å². The van der Waals surface area contributed by atoms with Gasteiger partial charge in [-0.1, -0.05) is 18.2 Å². The molecule has 0 saturated carbocycles. The van der Waals surface area contributed by atoms with Crippen LogP contribution in [0.3, 0.4) is 0 Å². The third kappa shape index (κ3) is 5.56. The average molecular weight is 360 g/mol. The van der Waals surface area contributed by atoms with E-state index >= 15 is 0 Å². The fraction of sp³-hybridized carbons (Fsp3) is 0.263. The third-order valence-corrected chi connectivity index (χ3v) is 3.48. The van der Waals surface area contributed by atoms with Crippen LogP contribution in [0.25, 0.3) is 0 Å². The molecule has 0 fully saturated rings. The van der Waals surface area contributed by atoms with Crippen LogP contribution in [-0.4, -0.2) is 38.7 Å². The van der Waals surface area contributed by atoms with Gasteiger partial charge in [0.2, 0.25) is 5.91 Å². The first-order valence-corrected chi connectivity index (χ1v) is 8.06. The number of halogens is 1. The number of ether oxygens (including phenoxy) is 2. The monoisotopic (exact) mass is 360 g/mol. The molecule has 0 heterocycles. The van der Waals surface area contributed by atoms with Gasteiger partial charge in [-0.15, -0.1) is 0 Å². The van der Waals surface area contributed by atoms with E-state index in [4.69, 9.17) is 9.47 Å². The fourth-order valence-corrected chi connectivity index (χ4v) is 2.18. The van der Waals surface area contributed by atoms with Crippen molar-refractivity contribution >= 4 is 17.5 Å². The molecule has 0 spiro atoms. The van der Waals surface area contributed by atoms with Crippen LogP contribution in [-0.2, 0) is 9.53 Å². The Labute approximate surface area is 151 Å². The highest BCUT2D eigenvalue weighted by Gasteiger charge is 2.13. The van der Waals surface area contributed by atoms with E-state index in [2.05, 4.69) is 10.6 Å². The average Bonchev–Trinajstić information content (AvgIpc) is 2.62. The minimum absolute atomic E-state index is 0.112. The van der Waals surface area contributed by atoms with Crippen molar-refractivity contribution in [2.45, 2.75) is 6.92 Å². The first-order valence-electron chi connectivity index (χ1n) is 8.06. The van der Waals surface area contributed by atoms with E-state index in [-0.39, 0.29) is 12.1 Å². The lowest BCUT2D eigenvalue weighted by molar-refractivity contribution is -0.115. The highest BCUT2D eigenvalue weighted by atomic mass is 19.1. The molecule has 0 aliphatic carbocycles. The summed E-state index contributed by atoms with van der Waals surface area (Å²) in [4.78, 5) is 24.0. The summed E-state index contributed by atoms with van der Waals surface area (Å²) in [5, 5.41) is 5.06. The van der Waals surface area contributed by atoms with Crippen LogP contribution in [0.1, 0.15) is 15.9 Å². The second kappa shape index (κ2) is 9.53. The summed E-state index contributed by atoms with van der Waals surface area (Å²) in [5.74, 6) is -1.23. The molecular formula is C19H21FN2O4. The second-order valence-corrected chi connectivity index (χ2v) is 5.55. The molecule has 0 saturated heterocycles. The third-order valence-electron chi connectivity index (χ3n) is 3.48. The molecule has 0 atom stereocenters. The lowest BCUT2D eigenvalue weighted by atomic mass is 10.2. The van der Waals surface area contributed by atoms with Crippen LogP contribution in [0, 0.1) is 12.7 Å². The lowest BCUT2D eigenvalue weighted by Crippen LogP contribution is -2.33. The Balaban J connectivity index is 1.95. The van der Waals surface area contributed by atoms with Gasteiger partial charge in [-0.2, -0.15) is 0 Å². The second-order valence-electron chi connectivity index (χ2n) is 5.55. The van der Waals surface area contributed by atoms with Crippen molar-refractivity contribution in [3.63, 3.8) is 0 Å². The highest BCUT2D eigenvalue weighted by molar-refractivity contribution is 5.99. The molecule has 0 radical (unpaired) electrons. The summed E-state index contributed by atoms with van der Waals surface area (Å²) in [5.41, 5.74) is 1.35. The molecule has 2 aromatic rings. The van der Waals surface area contributed by atoms with Crippen molar-refractivity contribution in [2.24, 2.45) is 0 Å². The Morgan fingerprint density at radius 1 is 1.12 bits per heavy atom. The van der Waals surface area contributed by atoms with Gasteiger partial charge in [0.15, 0.2) is 0 Å². The number of rotatable bonds is 8. The van der Waals surface area contributed by atoms with Gasteiger partial charge in [0.25, 0.3) is 5.91 Å². The van der Waals surface area contributed by atoms with E-state index in [0.29, 0.717) is 24.7 Å². The predicted molar refractivity (Wildman–Crippen MR) is 95.9 cm³/mol. The van der Waals surface area contributed by atoms with E-state index in [1.54, 1.807) is 25.3 Å². The zero-order valence-corrected chi connectivity index (χ0v) is 14.7. The van der Waals surface area contributed by atoms with E-state index in [9.17, 15) is 14.0 Å². The molecule has 2 amide bonds. The highest BCUT2D eigenvalue weighted by Crippen LogP contribution is 2.25. The van der Waals surface area contributed by atoms with Crippen LogP contribution in [0.2, 0.25) is 0 Å². The van der Waals surface area contributed by atoms with Crippen LogP contribution < -0.4 is 15.4 Å². The smallest absolute Gasteiger partial charge is 0.254 e. The van der Waals surface area contributed by atoms with Crippen molar-refractivity contribution in [1.82, 2.24) is 5.32 Å². The van der Waals surface area contributed by atoms with Crippen LogP contribution in [0.4, 0.5) is 10.1 Å². The number of hydrogen-bond donors (Lipinski definition) is 2. The lowest BCUT2D eigenvalue weighted by Gasteiger charge is -2.13. The van der Waals surface area contributed by atoms with E-state index in [1.807, 2.05) is 13.0 Å². The topological polar surface area (TPSA) is 76.7 Å². The molecule has 7 heteroatoms. The van der Waals surface area contributed by atoms with Crippen molar-refractivity contribution in [3.05, 3.63) is 59.4 Å². The van der Waals surface area contributed by atoms with Gasteiger partial charge < -0.3 is 20.1 Å². The van der Waals surface area contributed by atoms with Crippen molar-refractivity contribution in [3.8, 4) is 5.75 Å². The minimum Gasteiger partial charge on any atom is -0.489 e. The zero-order valence-electron chi connectivity index (χ0n) is 14.7. The largest absolute Gasteiger partial charge is 0.489 e. The van der Waals surface area contributed by atoms with Gasteiger partial charge in [0.05, 0.1) is 24.4 Å². The van der Waals surface area contributed by atoms with Crippen LogP contribution in [0.5, 0.6) is 5.75 Å². The number of nitrogens with one attached hydrogen (secondary N) is 2. The molecule has 2 N–H and O–H groups in total. The number of methoxy groups -OCH3 is 1. The van der Waals surface area contributed by atoms with E-state index < -0.39 is 17.6 Å². The Morgan fingerprint density at radius 2 is 1.88 bits per heavy atom. The summed E-state index contributed by atoms with van der Waals surface area (Å²) < 4.78 is 24.1. The number of amides is 2. The molecule has 0 bridgehead atoms. The molecule has 138 valence electrons. The summed E-state index contributed by atoms with van der Waals surface area (Å²) in [6.07, 6.45) is 0.